The Morgan fingerprint density at radius 1 is 1.00 bits per heavy atom. The Labute approximate surface area is 192 Å². The minimum absolute atomic E-state index is 0.158. The Kier molecular flexibility index (Phi) is 7.20. The lowest BCUT2D eigenvalue weighted by atomic mass is 10.2. The van der Waals surface area contributed by atoms with Gasteiger partial charge in [0.15, 0.2) is 0 Å². The summed E-state index contributed by atoms with van der Waals surface area (Å²) < 4.78 is 7.95. The number of carbonyl (C=O) groups is 1. The third-order valence-electron chi connectivity index (χ3n) is 5.00. The van der Waals surface area contributed by atoms with E-state index in [9.17, 15) is 4.79 Å². The Hall–Kier alpha value is -3.57. The molecule has 0 aliphatic heterocycles. The molecule has 0 aliphatic rings. The van der Waals surface area contributed by atoms with Crippen molar-refractivity contribution >= 4 is 34.6 Å². The zero-order chi connectivity index (χ0) is 22.2. The number of nitrogens with zero attached hydrogens (tertiary/aromatic N) is 2. The minimum atomic E-state index is -0.158. The number of fused-ring (bicyclic) bond motifs is 1. The molecule has 6 heteroatoms. The van der Waals surface area contributed by atoms with Crippen molar-refractivity contribution in [1.82, 2.24) is 14.9 Å². The van der Waals surface area contributed by atoms with E-state index in [1.807, 2.05) is 78.9 Å². The fourth-order valence-electron chi connectivity index (χ4n) is 3.44. The number of rotatable bonds is 9. The van der Waals surface area contributed by atoms with Crippen LogP contribution in [0.2, 0.25) is 5.02 Å². The number of carbonyl (C=O) groups excluding carboxylic acids is 1. The minimum Gasteiger partial charge on any atom is -0.492 e. The van der Waals surface area contributed by atoms with Crippen molar-refractivity contribution in [2.45, 2.75) is 19.5 Å². The van der Waals surface area contributed by atoms with Crippen LogP contribution >= 0.6 is 11.6 Å². The molecular weight excluding hydrogens is 422 g/mol. The fraction of sp³-hybridized carbons (Fsp3) is 0.154. The summed E-state index contributed by atoms with van der Waals surface area (Å²) in [4.78, 5) is 17.0. The molecule has 0 spiro atoms. The number of amides is 1. The second-order valence-electron chi connectivity index (χ2n) is 7.26. The number of imidazole rings is 1. The number of halogens is 1. The first-order valence-corrected chi connectivity index (χ1v) is 10.9. The highest BCUT2D eigenvalue weighted by Gasteiger charge is 2.11. The molecule has 0 fully saturated rings. The van der Waals surface area contributed by atoms with Crippen molar-refractivity contribution in [2.24, 2.45) is 0 Å². The van der Waals surface area contributed by atoms with E-state index in [1.165, 1.54) is 0 Å². The molecule has 5 nitrogen and oxygen atoms in total. The van der Waals surface area contributed by atoms with Crippen molar-refractivity contribution in [1.29, 1.82) is 0 Å². The fourth-order valence-corrected chi connectivity index (χ4v) is 3.63. The first-order valence-electron chi connectivity index (χ1n) is 10.5. The summed E-state index contributed by atoms with van der Waals surface area (Å²) in [5.74, 6) is 1.34. The van der Waals surface area contributed by atoms with Crippen LogP contribution in [-0.4, -0.2) is 22.1 Å². The van der Waals surface area contributed by atoms with Crippen LogP contribution in [0.3, 0.4) is 0 Å². The maximum Gasteiger partial charge on any atom is 0.244 e. The number of aromatic nitrogens is 2. The summed E-state index contributed by atoms with van der Waals surface area (Å²) in [6, 6.07) is 25.2. The van der Waals surface area contributed by atoms with Crippen LogP contribution in [0.4, 0.5) is 0 Å². The molecule has 0 atom stereocenters. The predicted molar refractivity (Wildman–Crippen MR) is 129 cm³/mol. The molecule has 0 radical (unpaired) electrons. The summed E-state index contributed by atoms with van der Waals surface area (Å²) in [5.41, 5.74) is 2.92. The van der Waals surface area contributed by atoms with Crippen LogP contribution in [0, 0.1) is 0 Å². The van der Waals surface area contributed by atoms with Crippen molar-refractivity contribution in [3.63, 3.8) is 0 Å². The normalized spacial score (nSPS) is 11.2. The molecular formula is C26H24ClN3O2. The largest absolute Gasteiger partial charge is 0.492 e. The van der Waals surface area contributed by atoms with Gasteiger partial charge in [0.25, 0.3) is 0 Å². The summed E-state index contributed by atoms with van der Waals surface area (Å²) in [7, 11) is 0. The zero-order valence-corrected chi connectivity index (χ0v) is 18.3. The third kappa shape index (κ3) is 5.56. The molecule has 1 heterocycles. The molecule has 1 N–H and O–H groups in total. The van der Waals surface area contributed by atoms with Gasteiger partial charge in [0, 0.05) is 12.6 Å². The van der Waals surface area contributed by atoms with E-state index in [1.54, 1.807) is 12.2 Å². The first kappa shape index (κ1) is 21.7. The lowest BCUT2D eigenvalue weighted by Crippen LogP contribution is -2.23. The van der Waals surface area contributed by atoms with Gasteiger partial charge in [-0.25, -0.2) is 4.98 Å². The zero-order valence-electron chi connectivity index (χ0n) is 17.6. The van der Waals surface area contributed by atoms with E-state index in [-0.39, 0.29) is 5.91 Å². The Morgan fingerprint density at radius 3 is 2.59 bits per heavy atom. The van der Waals surface area contributed by atoms with Crippen molar-refractivity contribution < 1.29 is 9.53 Å². The Bertz CT molecular complexity index is 1220. The average Bonchev–Trinajstić information content (AvgIpc) is 3.18. The quantitative estimate of drug-likeness (QED) is 0.274. The standard InChI is InChI=1S/C26H24ClN3O2/c27-21-11-4-7-14-24(21)32-18-8-17-30-23-13-6-5-12-22(23)29-25(30)19-28-26(31)16-15-20-9-2-1-3-10-20/h1-7,9-16H,8,17-19H2,(H,28,31)/b16-15-. The van der Waals surface area contributed by atoms with E-state index >= 15 is 0 Å². The van der Waals surface area contributed by atoms with E-state index in [2.05, 4.69) is 9.88 Å². The summed E-state index contributed by atoms with van der Waals surface area (Å²) in [6.07, 6.45) is 4.12. The lowest BCUT2D eigenvalue weighted by Gasteiger charge is -2.11. The van der Waals surface area contributed by atoms with Gasteiger partial charge in [-0.1, -0.05) is 66.2 Å². The SMILES string of the molecule is O=C(/C=C\c1ccccc1)NCc1nc2ccccc2n1CCCOc1ccccc1Cl. The van der Waals surface area contributed by atoms with E-state index in [0.717, 1.165) is 35.4 Å². The molecule has 0 saturated carbocycles. The smallest absolute Gasteiger partial charge is 0.244 e. The van der Waals surface area contributed by atoms with Crippen LogP contribution in [0.1, 0.15) is 17.8 Å². The number of nitrogens with one attached hydrogen (secondary N) is 1. The molecule has 0 bridgehead atoms. The summed E-state index contributed by atoms with van der Waals surface area (Å²) >= 11 is 6.16. The van der Waals surface area contributed by atoms with Gasteiger partial charge < -0.3 is 14.6 Å². The van der Waals surface area contributed by atoms with Gasteiger partial charge in [0.05, 0.1) is 29.2 Å². The number of para-hydroxylation sites is 3. The van der Waals surface area contributed by atoms with Crippen LogP contribution in [0.5, 0.6) is 5.75 Å². The van der Waals surface area contributed by atoms with E-state index < -0.39 is 0 Å². The van der Waals surface area contributed by atoms with Crippen molar-refractivity contribution in [3.05, 3.63) is 101 Å². The Balaban J connectivity index is 1.39. The van der Waals surface area contributed by atoms with Crippen LogP contribution in [0.15, 0.2) is 84.9 Å². The van der Waals surface area contributed by atoms with E-state index in [0.29, 0.717) is 23.9 Å². The Morgan fingerprint density at radius 2 is 1.75 bits per heavy atom. The van der Waals surface area contributed by atoms with Crippen LogP contribution in [-0.2, 0) is 17.9 Å². The molecule has 32 heavy (non-hydrogen) atoms. The summed E-state index contributed by atoms with van der Waals surface area (Å²) in [5, 5.41) is 3.54. The third-order valence-corrected chi connectivity index (χ3v) is 5.31. The first-order chi connectivity index (χ1) is 15.7. The highest BCUT2D eigenvalue weighted by Crippen LogP contribution is 2.23. The monoisotopic (exact) mass is 445 g/mol. The van der Waals surface area contributed by atoms with Crippen LogP contribution in [0.25, 0.3) is 17.1 Å². The predicted octanol–water partition coefficient (Wildman–Crippen LogP) is 5.49. The number of aryl methyl sites for hydroxylation is 1. The topological polar surface area (TPSA) is 56.2 Å². The molecule has 0 saturated heterocycles. The van der Waals surface area contributed by atoms with Gasteiger partial charge in [-0.15, -0.1) is 0 Å². The average molecular weight is 446 g/mol. The number of ether oxygens (including phenoxy) is 1. The molecule has 0 unspecified atom stereocenters. The van der Waals surface area contributed by atoms with Gasteiger partial charge in [-0.05, 0) is 42.3 Å². The highest BCUT2D eigenvalue weighted by atomic mass is 35.5. The van der Waals surface area contributed by atoms with Gasteiger partial charge in [-0.3, -0.25) is 4.79 Å². The molecule has 4 rings (SSSR count). The molecule has 4 aromatic rings. The highest BCUT2D eigenvalue weighted by molar-refractivity contribution is 6.32. The second-order valence-corrected chi connectivity index (χ2v) is 7.67. The molecule has 3 aromatic carbocycles. The number of hydrogen-bond acceptors (Lipinski definition) is 3. The van der Waals surface area contributed by atoms with Gasteiger partial charge >= 0.3 is 0 Å². The molecule has 1 amide bonds. The number of benzene rings is 3. The molecule has 162 valence electrons. The molecule has 0 aliphatic carbocycles. The second kappa shape index (κ2) is 10.6. The van der Waals surface area contributed by atoms with Gasteiger partial charge in [0.1, 0.15) is 11.6 Å². The molecule has 1 aromatic heterocycles. The van der Waals surface area contributed by atoms with Gasteiger partial charge in [-0.2, -0.15) is 0 Å². The maximum atomic E-state index is 12.3. The number of hydrogen-bond donors (Lipinski definition) is 1. The maximum absolute atomic E-state index is 12.3. The van der Waals surface area contributed by atoms with Crippen molar-refractivity contribution in [3.8, 4) is 5.75 Å². The van der Waals surface area contributed by atoms with Crippen LogP contribution < -0.4 is 10.1 Å². The van der Waals surface area contributed by atoms with Crippen molar-refractivity contribution in [2.75, 3.05) is 6.61 Å². The van der Waals surface area contributed by atoms with E-state index in [4.69, 9.17) is 21.3 Å². The summed E-state index contributed by atoms with van der Waals surface area (Å²) in [6.45, 7) is 1.59. The lowest BCUT2D eigenvalue weighted by molar-refractivity contribution is -0.116. The van der Waals surface area contributed by atoms with Gasteiger partial charge in [0.2, 0.25) is 5.91 Å².